The minimum absolute atomic E-state index is 0.0934. The molecule has 0 saturated carbocycles. The summed E-state index contributed by atoms with van der Waals surface area (Å²) in [5.74, 6) is 0.0973. The van der Waals surface area contributed by atoms with Crippen LogP contribution in [0.4, 0.5) is 5.69 Å². The first-order valence-electron chi connectivity index (χ1n) is 5.63. The van der Waals surface area contributed by atoms with Crippen molar-refractivity contribution in [1.29, 1.82) is 0 Å². The lowest BCUT2D eigenvalue weighted by molar-refractivity contribution is -0.112. The Morgan fingerprint density at radius 1 is 1.29 bits per heavy atom. The fraction of sp³-hybridized carbons (Fsp3) is 0.214. The van der Waals surface area contributed by atoms with E-state index in [2.05, 4.69) is 5.32 Å². The molecule has 0 aliphatic heterocycles. The second kappa shape index (κ2) is 4.87. The van der Waals surface area contributed by atoms with Crippen LogP contribution in [-0.4, -0.2) is 11.0 Å². The van der Waals surface area contributed by atoms with E-state index in [0.29, 0.717) is 5.69 Å². The van der Waals surface area contributed by atoms with Gasteiger partial charge in [-0.15, -0.1) is 0 Å². The molecule has 17 heavy (non-hydrogen) atoms. The van der Waals surface area contributed by atoms with Gasteiger partial charge in [-0.05, 0) is 44.0 Å². The van der Waals surface area contributed by atoms with E-state index in [4.69, 9.17) is 5.11 Å². The molecule has 0 fully saturated rings. The number of hydrogen-bond acceptors (Lipinski definition) is 2. The van der Waals surface area contributed by atoms with E-state index in [1.54, 1.807) is 24.3 Å². The Hall–Kier alpha value is -2.03. The Kier molecular flexibility index (Phi) is 3.28. The monoisotopic (exact) mass is 229 g/mol. The predicted molar refractivity (Wildman–Crippen MR) is 67.8 cm³/mol. The maximum absolute atomic E-state index is 12.0. The van der Waals surface area contributed by atoms with Gasteiger partial charge in [0.15, 0.2) is 0 Å². The molecule has 0 bridgehead atoms. The molecule has 1 aliphatic rings. The number of aromatic hydroxyl groups is 1. The first kappa shape index (κ1) is 11.5. The van der Waals surface area contributed by atoms with Crippen LogP contribution in [0.25, 0.3) is 0 Å². The third kappa shape index (κ3) is 2.75. The summed E-state index contributed by atoms with van der Waals surface area (Å²) in [6.45, 7) is 1.98. The van der Waals surface area contributed by atoms with Crippen molar-refractivity contribution in [3.8, 4) is 5.75 Å². The molecule has 1 aromatic rings. The smallest absolute Gasteiger partial charge is 0.255 e. The number of allylic oxidation sites excluding steroid dienone is 2. The van der Waals surface area contributed by atoms with Crippen molar-refractivity contribution in [3.63, 3.8) is 0 Å². The molecule has 0 saturated heterocycles. The fourth-order valence-electron chi connectivity index (χ4n) is 1.79. The number of nitrogens with one attached hydrogen (secondary N) is 1. The van der Waals surface area contributed by atoms with Crippen LogP contribution in [-0.2, 0) is 4.79 Å². The zero-order valence-corrected chi connectivity index (χ0v) is 9.73. The lowest BCUT2D eigenvalue weighted by atomic mass is 9.98. The van der Waals surface area contributed by atoms with Gasteiger partial charge >= 0.3 is 0 Å². The van der Waals surface area contributed by atoms with Gasteiger partial charge in [0, 0.05) is 11.3 Å². The molecule has 2 rings (SSSR count). The highest BCUT2D eigenvalue weighted by molar-refractivity contribution is 6.06. The van der Waals surface area contributed by atoms with Gasteiger partial charge in [0.1, 0.15) is 5.75 Å². The van der Waals surface area contributed by atoms with E-state index in [1.807, 2.05) is 19.1 Å². The summed E-state index contributed by atoms with van der Waals surface area (Å²) < 4.78 is 0. The van der Waals surface area contributed by atoms with E-state index < -0.39 is 0 Å². The number of amides is 1. The largest absolute Gasteiger partial charge is 0.508 e. The highest BCUT2D eigenvalue weighted by Gasteiger charge is 2.12. The zero-order chi connectivity index (χ0) is 12.3. The van der Waals surface area contributed by atoms with Crippen molar-refractivity contribution >= 4 is 11.6 Å². The third-order valence-corrected chi connectivity index (χ3v) is 2.80. The Labute approximate surface area is 100 Å². The molecule has 1 aliphatic carbocycles. The van der Waals surface area contributed by atoms with Gasteiger partial charge in [-0.2, -0.15) is 0 Å². The Bertz CT molecular complexity index is 483. The second-order valence-corrected chi connectivity index (χ2v) is 4.14. The van der Waals surface area contributed by atoms with Gasteiger partial charge in [-0.1, -0.05) is 17.7 Å². The minimum atomic E-state index is -0.0934. The molecular formula is C14H15NO2. The van der Waals surface area contributed by atoms with Crippen LogP contribution < -0.4 is 5.32 Å². The van der Waals surface area contributed by atoms with Crippen LogP contribution in [0.3, 0.4) is 0 Å². The number of phenols is 1. The summed E-state index contributed by atoms with van der Waals surface area (Å²) >= 11 is 0. The van der Waals surface area contributed by atoms with Crippen LogP contribution in [0.2, 0.25) is 0 Å². The average molecular weight is 229 g/mol. The number of benzene rings is 1. The van der Waals surface area contributed by atoms with Crippen LogP contribution in [0.15, 0.2) is 47.6 Å². The fourth-order valence-corrected chi connectivity index (χ4v) is 1.79. The first-order valence-corrected chi connectivity index (χ1v) is 5.63. The second-order valence-electron chi connectivity index (χ2n) is 4.14. The predicted octanol–water partition coefficient (Wildman–Crippen LogP) is 3.00. The summed E-state index contributed by atoms with van der Waals surface area (Å²) in [6, 6.07) is 6.45. The number of carbonyl (C=O) groups excluding carboxylic acids is 1. The standard InChI is InChI=1S/C14H15NO2/c1-10-4-2-3-5-13(10)14(17)15-11-6-8-12(16)9-7-11/h3,5-9,16H,2,4H2,1H3,(H,15,17). The van der Waals surface area contributed by atoms with Gasteiger partial charge in [-0.25, -0.2) is 0 Å². The van der Waals surface area contributed by atoms with E-state index in [-0.39, 0.29) is 11.7 Å². The number of carbonyl (C=O) groups is 1. The van der Waals surface area contributed by atoms with Crippen LogP contribution in [0.5, 0.6) is 5.75 Å². The quantitative estimate of drug-likeness (QED) is 0.766. The number of hydrogen-bond donors (Lipinski definition) is 2. The molecule has 88 valence electrons. The summed E-state index contributed by atoms with van der Waals surface area (Å²) in [6.07, 6.45) is 5.82. The van der Waals surface area contributed by atoms with Crippen molar-refractivity contribution in [2.45, 2.75) is 19.8 Å². The Morgan fingerprint density at radius 2 is 2.00 bits per heavy atom. The van der Waals surface area contributed by atoms with Gasteiger partial charge in [0.25, 0.3) is 5.91 Å². The molecule has 3 nitrogen and oxygen atoms in total. The van der Waals surface area contributed by atoms with Gasteiger partial charge in [-0.3, -0.25) is 4.79 Å². The zero-order valence-electron chi connectivity index (χ0n) is 9.73. The van der Waals surface area contributed by atoms with Gasteiger partial charge < -0.3 is 10.4 Å². The molecule has 0 aromatic heterocycles. The van der Waals surface area contributed by atoms with Crippen molar-refractivity contribution in [1.82, 2.24) is 0 Å². The molecule has 2 N–H and O–H groups in total. The van der Waals surface area contributed by atoms with Crippen molar-refractivity contribution < 1.29 is 9.90 Å². The van der Waals surface area contributed by atoms with E-state index in [9.17, 15) is 4.79 Å². The molecule has 0 unspecified atom stereocenters. The molecule has 1 amide bonds. The summed E-state index contributed by atoms with van der Waals surface area (Å²) in [4.78, 5) is 12.0. The van der Waals surface area contributed by atoms with Crippen molar-refractivity contribution in [3.05, 3.63) is 47.6 Å². The lowest BCUT2D eigenvalue weighted by Crippen LogP contribution is -2.15. The summed E-state index contributed by atoms with van der Waals surface area (Å²) in [5, 5.41) is 12.0. The normalized spacial score (nSPS) is 14.9. The molecule has 0 heterocycles. The van der Waals surface area contributed by atoms with Crippen molar-refractivity contribution in [2.75, 3.05) is 5.32 Å². The molecule has 0 atom stereocenters. The average Bonchev–Trinajstić information content (AvgIpc) is 2.32. The molecular weight excluding hydrogens is 214 g/mol. The number of rotatable bonds is 2. The van der Waals surface area contributed by atoms with Crippen molar-refractivity contribution in [2.24, 2.45) is 0 Å². The molecule has 0 radical (unpaired) electrons. The van der Waals surface area contributed by atoms with E-state index >= 15 is 0 Å². The van der Waals surface area contributed by atoms with Crippen LogP contribution in [0.1, 0.15) is 19.8 Å². The third-order valence-electron chi connectivity index (χ3n) is 2.80. The Morgan fingerprint density at radius 3 is 2.65 bits per heavy atom. The van der Waals surface area contributed by atoms with Crippen LogP contribution in [0, 0.1) is 0 Å². The maximum Gasteiger partial charge on any atom is 0.255 e. The summed E-state index contributed by atoms with van der Waals surface area (Å²) in [7, 11) is 0. The molecule has 3 heteroatoms. The number of phenolic OH excluding ortho intramolecular Hbond substituents is 1. The molecule has 1 aromatic carbocycles. The number of anilines is 1. The van der Waals surface area contributed by atoms with E-state index in [0.717, 1.165) is 24.0 Å². The van der Waals surface area contributed by atoms with Gasteiger partial charge in [0.2, 0.25) is 0 Å². The topological polar surface area (TPSA) is 49.3 Å². The maximum atomic E-state index is 12.0. The summed E-state index contributed by atoms with van der Waals surface area (Å²) in [5.41, 5.74) is 2.54. The lowest BCUT2D eigenvalue weighted by Gasteiger charge is -2.12. The minimum Gasteiger partial charge on any atom is -0.508 e. The van der Waals surface area contributed by atoms with Crippen LogP contribution >= 0.6 is 0 Å². The molecule has 0 spiro atoms. The van der Waals surface area contributed by atoms with E-state index in [1.165, 1.54) is 0 Å². The highest BCUT2D eigenvalue weighted by atomic mass is 16.3. The van der Waals surface area contributed by atoms with Gasteiger partial charge in [0.05, 0.1) is 0 Å². The first-order chi connectivity index (χ1) is 8.16. The SMILES string of the molecule is CC1=C(C(=O)Nc2ccc(O)cc2)C=CCC1. The Balaban J connectivity index is 2.12. The highest BCUT2D eigenvalue weighted by Crippen LogP contribution is 2.20.